The topological polar surface area (TPSA) is 89.9 Å². The molecule has 18 heavy (non-hydrogen) atoms. The number of aromatic nitrogens is 3. The summed E-state index contributed by atoms with van der Waals surface area (Å²) in [6, 6.07) is 1.61. The van der Waals surface area contributed by atoms with Gasteiger partial charge in [-0.05, 0) is 20.8 Å². The molecule has 2 aromatic rings. The number of anilines is 2. The molecule has 0 aliphatic carbocycles. The highest BCUT2D eigenvalue weighted by molar-refractivity contribution is 6.29. The number of nitrogens with two attached hydrogens (primary N) is 1. The zero-order chi connectivity index (χ0) is 13.3. The molecule has 2 aromatic heterocycles. The molecular formula is C11H14ClN5O. The zero-order valence-electron chi connectivity index (χ0n) is 10.4. The van der Waals surface area contributed by atoms with Gasteiger partial charge in [0.05, 0.1) is 11.7 Å². The zero-order valence-corrected chi connectivity index (χ0v) is 11.1. The lowest BCUT2D eigenvalue weighted by Crippen LogP contribution is -2.10. The van der Waals surface area contributed by atoms with Crippen LogP contribution in [0.5, 0.6) is 0 Å². The monoisotopic (exact) mass is 267 g/mol. The van der Waals surface area contributed by atoms with Gasteiger partial charge in [-0.1, -0.05) is 16.8 Å². The second kappa shape index (κ2) is 4.81. The van der Waals surface area contributed by atoms with Crippen molar-refractivity contribution in [2.75, 3.05) is 11.1 Å². The van der Waals surface area contributed by atoms with Gasteiger partial charge in [-0.2, -0.15) is 4.98 Å². The number of nitrogens with one attached hydrogen (secondary N) is 1. The third-order valence-corrected chi connectivity index (χ3v) is 2.79. The van der Waals surface area contributed by atoms with Crippen LogP contribution in [0.1, 0.15) is 30.0 Å². The second-order valence-electron chi connectivity index (χ2n) is 4.04. The van der Waals surface area contributed by atoms with Crippen LogP contribution in [0.15, 0.2) is 10.6 Å². The summed E-state index contributed by atoms with van der Waals surface area (Å²) in [5.74, 6) is 1.48. The molecule has 0 bridgehead atoms. The number of hydrogen-bond acceptors (Lipinski definition) is 6. The van der Waals surface area contributed by atoms with E-state index in [-0.39, 0.29) is 12.0 Å². The fourth-order valence-corrected chi connectivity index (χ4v) is 2.10. The summed E-state index contributed by atoms with van der Waals surface area (Å²) in [6.45, 7) is 5.75. The molecule has 0 radical (unpaired) electrons. The molecular weight excluding hydrogens is 254 g/mol. The Morgan fingerprint density at radius 1 is 1.39 bits per heavy atom. The summed E-state index contributed by atoms with van der Waals surface area (Å²) in [6.07, 6.45) is 0. The third-order valence-electron chi connectivity index (χ3n) is 2.60. The molecule has 7 heteroatoms. The summed E-state index contributed by atoms with van der Waals surface area (Å²) in [7, 11) is 0. The van der Waals surface area contributed by atoms with Crippen molar-refractivity contribution >= 4 is 23.4 Å². The second-order valence-corrected chi connectivity index (χ2v) is 4.43. The summed E-state index contributed by atoms with van der Waals surface area (Å²) >= 11 is 5.82. The largest absolute Gasteiger partial charge is 0.368 e. The number of halogens is 1. The Bertz CT molecular complexity index is 529. The molecule has 0 fully saturated rings. The maximum atomic E-state index is 5.82. The predicted octanol–water partition coefficient (Wildman–Crippen LogP) is 2.49. The molecule has 2 rings (SSSR count). The average molecular weight is 268 g/mol. The van der Waals surface area contributed by atoms with Crippen molar-refractivity contribution in [3.8, 4) is 0 Å². The Balaban J connectivity index is 2.24. The van der Waals surface area contributed by atoms with E-state index in [0.29, 0.717) is 11.0 Å². The molecule has 0 aromatic carbocycles. The fourth-order valence-electron chi connectivity index (χ4n) is 1.91. The molecule has 96 valence electrons. The Morgan fingerprint density at radius 2 is 2.11 bits per heavy atom. The molecule has 0 saturated heterocycles. The fraction of sp³-hybridized carbons (Fsp3) is 0.364. The lowest BCUT2D eigenvalue weighted by molar-refractivity contribution is 0.392. The summed E-state index contributed by atoms with van der Waals surface area (Å²) in [5, 5.41) is 7.41. The number of hydrogen-bond donors (Lipinski definition) is 2. The first-order valence-corrected chi connectivity index (χ1v) is 5.84. The molecule has 6 nitrogen and oxygen atoms in total. The van der Waals surface area contributed by atoms with Gasteiger partial charge < -0.3 is 15.6 Å². The number of aryl methyl sites for hydroxylation is 2. The van der Waals surface area contributed by atoms with Crippen LogP contribution in [-0.2, 0) is 0 Å². The van der Waals surface area contributed by atoms with Crippen molar-refractivity contribution < 1.29 is 4.52 Å². The van der Waals surface area contributed by atoms with Crippen molar-refractivity contribution in [1.82, 2.24) is 15.1 Å². The number of nitrogen functional groups attached to an aromatic ring is 1. The van der Waals surface area contributed by atoms with Crippen molar-refractivity contribution in [1.29, 1.82) is 0 Å². The van der Waals surface area contributed by atoms with Crippen LogP contribution in [0.2, 0.25) is 5.15 Å². The first-order chi connectivity index (χ1) is 8.47. The SMILES string of the molecule is Cc1noc(C)c1C(C)Nc1cc(Cl)nc(N)n1. The van der Waals surface area contributed by atoms with Crippen molar-refractivity contribution in [3.63, 3.8) is 0 Å². The summed E-state index contributed by atoms with van der Waals surface area (Å²) < 4.78 is 5.13. The minimum absolute atomic E-state index is 0.0124. The van der Waals surface area contributed by atoms with Crippen molar-refractivity contribution in [2.24, 2.45) is 0 Å². The van der Waals surface area contributed by atoms with Gasteiger partial charge in [0, 0.05) is 11.6 Å². The van der Waals surface area contributed by atoms with Crippen LogP contribution in [-0.4, -0.2) is 15.1 Å². The van der Waals surface area contributed by atoms with E-state index in [2.05, 4.69) is 20.4 Å². The van der Waals surface area contributed by atoms with Gasteiger partial charge >= 0.3 is 0 Å². The van der Waals surface area contributed by atoms with Gasteiger partial charge in [0.15, 0.2) is 0 Å². The van der Waals surface area contributed by atoms with Gasteiger partial charge in [0.2, 0.25) is 5.95 Å². The predicted molar refractivity (Wildman–Crippen MR) is 69.5 cm³/mol. The quantitative estimate of drug-likeness (QED) is 0.831. The van der Waals surface area contributed by atoms with E-state index in [4.69, 9.17) is 21.9 Å². The van der Waals surface area contributed by atoms with E-state index in [1.807, 2.05) is 20.8 Å². The van der Waals surface area contributed by atoms with Crippen molar-refractivity contribution in [3.05, 3.63) is 28.2 Å². The van der Waals surface area contributed by atoms with Crippen LogP contribution in [0.3, 0.4) is 0 Å². The lowest BCUT2D eigenvalue weighted by atomic mass is 10.1. The van der Waals surface area contributed by atoms with Gasteiger partial charge in [0.25, 0.3) is 0 Å². The Kier molecular flexibility index (Phi) is 3.38. The summed E-state index contributed by atoms with van der Waals surface area (Å²) in [5.41, 5.74) is 7.39. The van der Waals surface area contributed by atoms with Gasteiger partial charge in [-0.15, -0.1) is 0 Å². The lowest BCUT2D eigenvalue weighted by Gasteiger charge is -2.14. The van der Waals surface area contributed by atoms with Crippen LogP contribution >= 0.6 is 11.6 Å². The van der Waals surface area contributed by atoms with Crippen LogP contribution in [0.25, 0.3) is 0 Å². The highest BCUT2D eigenvalue weighted by atomic mass is 35.5. The number of nitrogens with zero attached hydrogens (tertiary/aromatic N) is 3. The standard InChI is InChI=1S/C11H14ClN5O/c1-5(10-6(2)17-18-7(10)3)14-9-4-8(12)15-11(13)16-9/h4-5H,1-3H3,(H3,13,14,15,16). The van der Waals surface area contributed by atoms with E-state index >= 15 is 0 Å². The maximum absolute atomic E-state index is 5.82. The van der Waals surface area contributed by atoms with E-state index in [1.54, 1.807) is 6.07 Å². The van der Waals surface area contributed by atoms with Crippen molar-refractivity contribution in [2.45, 2.75) is 26.8 Å². The molecule has 1 unspecified atom stereocenters. The third kappa shape index (κ3) is 2.53. The minimum atomic E-state index is -0.0124. The van der Waals surface area contributed by atoms with Gasteiger partial charge in [-0.25, -0.2) is 4.98 Å². The average Bonchev–Trinajstić information content (AvgIpc) is 2.56. The molecule has 3 N–H and O–H groups in total. The van der Waals surface area contributed by atoms with Crippen LogP contribution < -0.4 is 11.1 Å². The Morgan fingerprint density at radius 3 is 2.67 bits per heavy atom. The van der Waals surface area contributed by atoms with E-state index < -0.39 is 0 Å². The normalized spacial score (nSPS) is 12.4. The Hall–Kier alpha value is -1.82. The first kappa shape index (κ1) is 12.6. The highest BCUT2D eigenvalue weighted by Crippen LogP contribution is 2.25. The van der Waals surface area contributed by atoms with E-state index in [9.17, 15) is 0 Å². The molecule has 0 aliphatic heterocycles. The first-order valence-electron chi connectivity index (χ1n) is 5.46. The molecule has 0 aliphatic rings. The smallest absolute Gasteiger partial charge is 0.223 e. The summed E-state index contributed by atoms with van der Waals surface area (Å²) in [4.78, 5) is 7.86. The van der Waals surface area contributed by atoms with E-state index in [0.717, 1.165) is 17.0 Å². The van der Waals surface area contributed by atoms with Crippen LogP contribution in [0, 0.1) is 13.8 Å². The molecule has 0 spiro atoms. The Labute approximate surface area is 110 Å². The van der Waals surface area contributed by atoms with Gasteiger partial charge in [-0.3, -0.25) is 0 Å². The van der Waals surface area contributed by atoms with Crippen LogP contribution in [0.4, 0.5) is 11.8 Å². The molecule has 1 atom stereocenters. The maximum Gasteiger partial charge on any atom is 0.223 e. The minimum Gasteiger partial charge on any atom is -0.368 e. The molecule has 2 heterocycles. The highest BCUT2D eigenvalue weighted by Gasteiger charge is 2.16. The molecule has 0 saturated carbocycles. The molecule has 0 amide bonds. The van der Waals surface area contributed by atoms with E-state index in [1.165, 1.54) is 0 Å². The van der Waals surface area contributed by atoms with Gasteiger partial charge in [0.1, 0.15) is 16.7 Å². The number of rotatable bonds is 3.